The summed E-state index contributed by atoms with van der Waals surface area (Å²) in [6.07, 6.45) is 0. The number of hydrogen-bond donors (Lipinski definition) is 1. The zero-order chi connectivity index (χ0) is 14.8. The number of rotatable bonds is 3. The van der Waals surface area contributed by atoms with Crippen molar-refractivity contribution in [1.82, 2.24) is 20.2 Å². The molecule has 0 aliphatic carbocycles. The van der Waals surface area contributed by atoms with Gasteiger partial charge >= 0.3 is 0 Å². The first-order valence-electron chi connectivity index (χ1n) is 6.51. The number of aromatic nitrogens is 4. The monoisotopic (exact) mass is 283 g/mol. The second kappa shape index (κ2) is 5.32. The van der Waals surface area contributed by atoms with E-state index in [9.17, 15) is 4.39 Å². The molecular formula is C15H14FN5. The Hall–Kier alpha value is -2.76. The molecule has 0 atom stereocenters. The molecule has 0 saturated heterocycles. The van der Waals surface area contributed by atoms with Crippen LogP contribution < -0.4 is 5.73 Å². The summed E-state index contributed by atoms with van der Waals surface area (Å²) in [6, 6.07) is 11.9. The Bertz CT molecular complexity index is 764. The molecule has 0 amide bonds. The van der Waals surface area contributed by atoms with Crippen molar-refractivity contribution in [1.29, 1.82) is 0 Å². The van der Waals surface area contributed by atoms with Gasteiger partial charge in [0, 0.05) is 11.3 Å². The molecule has 0 bridgehead atoms. The maximum absolute atomic E-state index is 12.9. The van der Waals surface area contributed by atoms with Gasteiger partial charge in [0.15, 0.2) is 5.82 Å². The van der Waals surface area contributed by atoms with Crippen molar-refractivity contribution in [3.05, 3.63) is 59.4 Å². The zero-order valence-electron chi connectivity index (χ0n) is 11.5. The summed E-state index contributed by atoms with van der Waals surface area (Å²) >= 11 is 0. The molecule has 2 aromatic carbocycles. The van der Waals surface area contributed by atoms with Gasteiger partial charge in [-0.05, 0) is 46.7 Å². The first kappa shape index (κ1) is 13.2. The van der Waals surface area contributed by atoms with Crippen molar-refractivity contribution in [2.45, 2.75) is 13.5 Å². The van der Waals surface area contributed by atoms with Crippen LogP contribution in [-0.2, 0) is 6.54 Å². The van der Waals surface area contributed by atoms with Crippen LogP contribution in [0.3, 0.4) is 0 Å². The van der Waals surface area contributed by atoms with Crippen molar-refractivity contribution in [3.63, 3.8) is 0 Å². The van der Waals surface area contributed by atoms with Gasteiger partial charge in [0.05, 0.1) is 6.54 Å². The molecule has 21 heavy (non-hydrogen) atoms. The number of tetrazole rings is 1. The quantitative estimate of drug-likeness (QED) is 0.749. The third-order valence-electron chi connectivity index (χ3n) is 3.39. The van der Waals surface area contributed by atoms with Gasteiger partial charge in [-0.3, -0.25) is 0 Å². The Morgan fingerprint density at radius 2 is 1.90 bits per heavy atom. The third-order valence-corrected chi connectivity index (χ3v) is 3.39. The zero-order valence-corrected chi connectivity index (χ0v) is 11.5. The van der Waals surface area contributed by atoms with E-state index in [1.54, 1.807) is 16.8 Å². The lowest BCUT2D eigenvalue weighted by Gasteiger charge is -2.09. The number of nitrogens with two attached hydrogens (primary N) is 1. The Kier molecular flexibility index (Phi) is 3.35. The van der Waals surface area contributed by atoms with Gasteiger partial charge in [-0.2, -0.15) is 0 Å². The summed E-state index contributed by atoms with van der Waals surface area (Å²) in [5.41, 5.74) is 9.38. The highest BCUT2D eigenvalue weighted by Gasteiger charge is 2.12. The predicted molar refractivity (Wildman–Crippen MR) is 77.9 cm³/mol. The SMILES string of the molecule is Cc1c(N)cccc1-c1nnnn1Cc1ccc(F)cc1. The van der Waals surface area contributed by atoms with E-state index < -0.39 is 0 Å². The fourth-order valence-electron chi connectivity index (χ4n) is 2.16. The van der Waals surface area contributed by atoms with Crippen molar-refractivity contribution in [2.75, 3.05) is 5.73 Å². The van der Waals surface area contributed by atoms with Crippen molar-refractivity contribution in [3.8, 4) is 11.4 Å². The molecule has 0 radical (unpaired) electrons. The lowest BCUT2D eigenvalue weighted by atomic mass is 10.1. The maximum Gasteiger partial charge on any atom is 0.182 e. The molecule has 0 saturated carbocycles. The number of halogens is 1. The van der Waals surface area contributed by atoms with E-state index in [4.69, 9.17) is 5.73 Å². The summed E-state index contributed by atoms with van der Waals surface area (Å²) in [6.45, 7) is 2.40. The highest BCUT2D eigenvalue weighted by Crippen LogP contribution is 2.25. The summed E-state index contributed by atoms with van der Waals surface area (Å²) < 4.78 is 14.6. The Balaban J connectivity index is 1.97. The van der Waals surface area contributed by atoms with Crippen LogP contribution in [0, 0.1) is 12.7 Å². The molecule has 1 heterocycles. The first-order valence-corrected chi connectivity index (χ1v) is 6.51. The molecule has 5 nitrogen and oxygen atoms in total. The summed E-state index contributed by atoms with van der Waals surface area (Å²) in [5.74, 6) is 0.381. The fourth-order valence-corrected chi connectivity index (χ4v) is 2.16. The topological polar surface area (TPSA) is 69.6 Å². The Morgan fingerprint density at radius 1 is 1.14 bits per heavy atom. The van der Waals surface area contributed by atoms with Crippen LogP contribution in [0.1, 0.15) is 11.1 Å². The van der Waals surface area contributed by atoms with Crippen LogP contribution in [0.15, 0.2) is 42.5 Å². The van der Waals surface area contributed by atoms with Gasteiger partial charge in [-0.15, -0.1) is 5.10 Å². The number of nitrogens with zero attached hydrogens (tertiary/aromatic N) is 4. The molecule has 0 aliphatic rings. The minimum atomic E-state index is -0.262. The second-order valence-corrected chi connectivity index (χ2v) is 4.81. The molecule has 1 aromatic heterocycles. The average Bonchev–Trinajstić information content (AvgIpc) is 2.92. The first-order chi connectivity index (χ1) is 10.1. The molecule has 0 fully saturated rings. The normalized spacial score (nSPS) is 10.8. The number of anilines is 1. The maximum atomic E-state index is 12.9. The molecule has 0 spiro atoms. The van der Waals surface area contributed by atoms with Gasteiger partial charge in [-0.25, -0.2) is 9.07 Å². The van der Waals surface area contributed by atoms with Crippen molar-refractivity contribution >= 4 is 5.69 Å². The highest BCUT2D eigenvalue weighted by molar-refractivity contribution is 5.67. The largest absolute Gasteiger partial charge is 0.398 e. The van der Waals surface area contributed by atoms with E-state index in [2.05, 4.69) is 15.5 Å². The third kappa shape index (κ3) is 2.60. The Labute approximate surface area is 121 Å². The van der Waals surface area contributed by atoms with Crippen LogP contribution in [0.5, 0.6) is 0 Å². The predicted octanol–water partition coefficient (Wildman–Crippen LogP) is 2.42. The molecule has 2 N–H and O–H groups in total. The molecular weight excluding hydrogens is 269 g/mol. The minimum absolute atomic E-state index is 0.262. The van der Waals surface area contributed by atoms with Crippen LogP contribution in [0.2, 0.25) is 0 Å². The summed E-state index contributed by atoms with van der Waals surface area (Å²) in [5, 5.41) is 11.8. The van der Waals surface area contributed by atoms with E-state index in [-0.39, 0.29) is 5.82 Å². The van der Waals surface area contributed by atoms with Gasteiger partial charge in [-0.1, -0.05) is 24.3 Å². The second-order valence-electron chi connectivity index (χ2n) is 4.81. The molecule has 0 aliphatic heterocycles. The lowest BCUT2D eigenvalue weighted by molar-refractivity contribution is 0.622. The van der Waals surface area contributed by atoms with E-state index in [0.29, 0.717) is 18.1 Å². The van der Waals surface area contributed by atoms with Crippen LogP contribution in [0.4, 0.5) is 10.1 Å². The molecule has 6 heteroatoms. The average molecular weight is 283 g/mol. The number of hydrogen-bond acceptors (Lipinski definition) is 4. The number of nitrogen functional groups attached to an aromatic ring is 1. The molecule has 0 unspecified atom stereocenters. The van der Waals surface area contributed by atoms with Crippen LogP contribution >= 0.6 is 0 Å². The van der Waals surface area contributed by atoms with Crippen LogP contribution in [-0.4, -0.2) is 20.2 Å². The molecule has 3 rings (SSSR count). The highest BCUT2D eigenvalue weighted by atomic mass is 19.1. The lowest BCUT2D eigenvalue weighted by Crippen LogP contribution is -2.05. The van der Waals surface area contributed by atoms with Crippen LogP contribution in [0.25, 0.3) is 11.4 Å². The summed E-state index contributed by atoms with van der Waals surface area (Å²) in [4.78, 5) is 0. The van der Waals surface area contributed by atoms with E-state index in [1.165, 1.54) is 12.1 Å². The van der Waals surface area contributed by atoms with Gasteiger partial charge in [0.1, 0.15) is 5.82 Å². The van der Waals surface area contributed by atoms with Crippen molar-refractivity contribution in [2.24, 2.45) is 0 Å². The summed E-state index contributed by atoms with van der Waals surface area (Å²) in [7, 11) is 0. The Morgan fingerprint density at radius 3 is 2.67 bits per heavy atom. The van der Waals surface area contributed by atoms with E-state index in [1.807, 2.05) is 25.1 Å². The van der Waals surface area contributed by atoms with E-state index >= 15 is 0 Å². The van der Waals surface area contributed by atoms with Crippen molar-refractivity contribution < 1.29 is 4.39 Å². The standard InChI is InChI=1S/C15H14FN5/c1-10-13(3-2-4-14(10)17)15-18-19-20-21(15)9-11-5-7-12(16)8-6-11/h2-8H,9,17H2,1H3. The molecule has 106 valence electrons. The fraction of sp³-hybridized carbons (Fsp3) is 0.133. The smallest absolute Gasteiger partial charge is 0.182 e. The van der Waals surface area contributed by atoms with Gasteiger partial charge < -0.3 is 5.73 Å². The number of benzene rings is 2. The van der Waals surface area contributed by atoms with Gasteiger partial charge in [0.2, 0.25) is 0 Å². The molecule has 3 aromatic rings. The van der Waals surface area contributed by atoms with Gasteiger partial charge in [0.25, 0.3) is 0 Å². The van der Waals surface area contributed by atoms with E-state index in [0.717, 1.165) is 16.7 Å². The minimum Gasteiger partial charge on any atom is -0.398 e.